The summed E-state index contributed by atoms with van der Waals surface area (Å²) in [4.78, 5) is 10.5. The van der Waals surface area contributed by atoms with Crippen molar-refractivity contribution in [3.8, 4) is 0 Å². The molecule has 0 bridgehead atoms. The Kier molecular flexibility index (Phi) is 6.05. The molecule has 5 aromatic rings. The molecule has 0 aliphatic heterocycles. The molecule has 0 radical (unpaired) electrons. The molecule has 5 rings (SSSR count). The molecule has 0 unspecified atom stereocenters. The summed E-state index contributed by atoms with van der Waals surface area (Å²) in [6.07, 6.45) is 6.29. The number of fused-ring (bicyclic) bond motifs is 2. The average Bonchev–Trinajstić information content (AvgIpc) is 3.49. The van der Waals surface area contributed by atoms with Crippen molar-refractivity contribution in [2.24, 2.45) is 0 Å². The van der Waals surface area contributed by atoms with E-state index in [9.17, 15) is 4.39 Å². The monoisotopic (exact) mass is 460 g/mol. The highest BCUT2D eigenvalue weighted by Crippen LogP contribution is 2.32. The van der Waals surface area contributed by atoms with Gasteiger partial charge < -0.3 is 15.3 Å². The van der Waals surface area contributed by atoms with Crippen LogP contribution < -0.4 is 10.2 Å². The summed E-state index contributed by atoms with van der Waals surface area (Å²) in [7, 11) is 0. The lowest BCUT2D eigenvalue weighted by atomic mass is 10.2. The summed E-state index contributed by atoms with van der Waals surface area (Å²) >= 11 is 0. The standard InChI is InChI=1S/C24H25FN8O/c1-2-32(21-7-5-6-20-18(21)14-27-31-20)23-19(25)15-26-24(30-23)29-17-9-8-16-13-28-33(22(16)12-17)10-3-4-11-34/h5-9,12-15,34H,2-4,10-11H2,1H3,(H,27,31)(H,26,29,30). The number of H-pyrrole nitrogens is 1. The lowest BCUT2D eigenvalue weighted by molar-refractivity contribution is 0.280. The first-order chi connectivity index (χ1) is 16.7. The minimum Gasteiger partial charge on any atom is -0.396 e. The summed E-state index contributed by atoms with van der Waals surface area (Å²) in [5.74, 6) is -0.0333. The number of halogens is 1. The third-order valence-corrected chi connectivity index (χ3v) is 5.73. The largest absolute Gasteiger partial charge is 0.396 e. The number of aromatic nitrogens is 6. The molecule has 0 amide bonds. The van der Waals surface area contributed by atoms with Gasteiger partial charge in [0.15, 0.2) is 11.6 Å². The maximum absolute atomic E-state index is 14.9. The van der Waals surface area contributed by atoms with Gasteiger partial charge in [0.2, 0.25) is 5.95 Å². The molecule has 0 atom stereocenters. The van der Waals surface area contributed by atoms with Gasteiger partial charge in [0, 0.05) is 36.2 Å². The van der Waals surface area contributed by atoms with E-state index in [4.69, 9.17) is 5.11 Å². The van der Waals surface area contributed by atoms with Crippen LogP contribution in [0, 0.1) is 5.82 Å². The number of aryl methyl sites for hydroxylation is 1. The molecule has 0 aliphatic carbocycles. The zero-order valence-electron chi connectivity index (χ0n) is 18.7. The zero-order valence-corrected chi connectivity index (χ0v) is 18.7. The molecular weight excluding hydrogens is 435 g/mol. The molecule has 0 fully saturated rings. The first-order valence-electron chi connectivity index (χ1n) is 11.2. The van der Waals surface area contributed by atoms with Crippen LogP contribution in [0.25, 0.3) is 21.8 Å². The highest BCUT2D eigenvalue weighted by molar-refractivity contribution is 5.93. The van der Waals surface area contributed by atoms with Gasteiger partial charge in [-0.25, -0.2) is 9.37 Å². The topological polar surface area (TPSA) is 108 Å². The number of anilines is 4. The quantitative estimate of drug-likeness (QED) is 0.278. The summed E-state index contributed by atoms with van der Waals surface area (Å²) in [5, 5.41) is 25.6. The smallest absolute Gasteiger partial charge is 0.229 e. The van der Waals surface area contributed by atoms with Crippen LogP contribution in [-0.4, -0.2) is 48.2 Å². The van der Waals surface area contributed by atoms with Crippen molar-refractivity contribution in [2.45, 2.75) is 26.3 Å². The fourth-order valence-electron chi connectivity index (χ4n) is 4.06. The number of rotatable bonds is 9. The second-order valence-corrected chi connectivity index (χ2v) is 7.91. The third-order valence-electron chi connectivity index (χ3n) is 5.73. The highest BCUT2D eigenvalue weighted by Gasteiger charge is 2.18. The van der Waals surface area contributed by atoms with E-state index in [1.807, 2.05) is 54.2 Å². The minimum absolute atomic E-state index is 0.167. The summed E-state index contributed by atoms with van der Waals surface area (Å²) < 4.78 is 16.8. The summed E-state index contributed by atoms with van der Waals surface area (Å²) in [6, 6.07) is 11.6. The van der Waals surface area contributed by atoms with Gasteiger partial charge in [-0.3, -0.25) is 9.78 Å². The minimum atomic E-state index is -0.509. The predicted molar refractivity (Wildman–Crippen MR) is 130 cm³/mol. The molecule has 3 N–H and O–H groups in total. The van der Waals surface area contributed by atoms with Crippen LogP contribution in [0.5, 0.6) is 0 Å². The fraction of sp³-hybridized carbons (Fsp3) is 0.250. The number of aliphatic hydroxyl groups is 1. The van der Waals surface area contributed by atoms with E-state index in [0.29, 0.717) is 12.5 Å². The lowest BCUT2D eigenvalue weighted by Crippen LogP contribution is -2.20. The molecule has 9 nitrogen and oxygen atoms in total. The number of benzene rings is 2. The predicted octanol–water partition coefficient (Wildman–Crippen LogP) is 4.52. The van der Waals surface area contributed by atoms with E-state index >= 15 is 0 Å². The molecule has 3 aromatic heterocycles. The Labute approximate surface area is 195 Å². The Morgan fingerprint density at radius 1 is 1.15 bits per heavy atom. The van der Waals surface area contributed by atoms with Crippen LogP contribution in [0.3, 0.4) is 0 Å². The first kappa shape index (κ1) is 21.8. The zero-order chi connectivity index (χ0) is 23.5. The Bertz CT molecular complexity index is 1430. The maximum Gasteiger partial charge on any atom is 0.229 e. The van der Waals surface area contributed by atoms with Gasteiger partial charge in [-0.15, -0.1) is 0 Å². The number of aliphatic hydroxyl groups excluding tert-OH is 1. The van der Waals surface area contributed by atoms with E-state index in [1.165, 1.54) is 6.20 Å². The second kappa shape index (κ2) is 9.44. The van der Waals surface area contributed by atoms with Crippen LogP contribution in [-0.2, 0) is 6.54 Å². The number of nitrogens with one attached hydrogen (secondary N) is 2. The Hall–Kier alpha value is -4.05. The van der Waals surface area contributed by atoms with Crippen LogP contribution in [0.4, 0.5) is 27.5 Å². The van der Waals surface area contributed by atoms with Gasteiger partial charge >= 0.3 is 0 Å². The molecule has 0 saturated heterocycles. The van der Waals surface area contributed by atoms with Crippen LogP contribution in [0.2, 0.25) is 0 Å². The van der Waals surface area contributed by atoms with Crippen LogP contribution in [0.15, 0.2) is 55.0 Å². The fourth-order valence-corrected chi connectivity index (χ4v) is 4.06. The van der Waals surface area contributed by atoms with E-state index < -0.39 is 5.82 Å². The number of nitrogens with zero attached hydrogens (tertiary/aromatic N) is 6. The summed E-state index contributed by atoms with van der Waals surface area (Å²) in [5.41, 5.74) is 3.42. The van der Waals surface area contributed by atoms with Gasteiger partial charge in [-0.05, 0) is 50.1 Å². The van der Waals surface area contributed by atoms with Crippen molar-refractivity contribution in [1.82, 2.24) is 29.9 Å². The molecule has 174 valence electrons. The number of unbranched alkanes of at least 4 members (excludes halogenated alkanes) is 1. The molecule has 10 heteroatoms. The van der Waals surface area contributed by atoms with Gasteiger partial charge in [0.25, 0.3) is 0 Å². The molecule has 3 heterocycles. The van der Waals surface area contributed by atoms with Gasteiger partial charge in [-0.2, -0.15) is 15.2 Å². The van der Waals surface area contributed by atoms with E-state index in [2.05, 4.69) is 30.6 Å². The van der Waals surface area contributed by atoms with E-state index in [0.717, 1.165) is 52.6 Å². The van der Waals surface area contributed by atoms with Gasteiger partial charge in [0.1, 0.15) is 0 Å². The Morgan fingerprint density at radius 3 is 2.91 bits per heavy atom. The van der Waals surface area contributed by atoms with Crippen molar-refractivity contribution in [2.75, 3.05) is 23.4 Å². The molecule has 2 aromatic carbocycles. The van der Waals surface area contributed by atoms with Gasteiger partial charge in [-0.1, -0.05) is 6.07 Å². The van der Waals surface area contributed by atoms with Crippen molar-refractivity contribution in [3.05, 3.63) is 60.8 Å². The van der Waals surface area contributed by atoms with Crippen molar-refractivity contribution in [1.29, 1.82) is 0 Å². The molecule has 0 saturated carbocycles. The Morgan fingerprint density at radius 2 is 2.06 bits per heavy atom. The number of hydrogen-bond donors (Lipinski definition) is 3. The molecule has 0 aliphatic rings. The normalized spacial score (nSPS) is 11.4. The molecular formula is C24H25FN8O. The third kappa shape index (κ3) is 4.15. The first-order valence-corrected chi connectivity index (χ1v) is 11.2. The van der Waals surface area contributed by atoms with Crippen molar-refractivity contribution < 1.29 is 9.50 Å². The van der Waals surface area contributed by atoms with Crippen molar-refractivity contribution >= 4 is 44.9 Å². The maximum atomic E-state index is 14.9. The molecule has 34 heavy (non-hydrogen) atoms. The van der Waals surface area contributed by atoms with E-state index in [-0.39, 0.29) is 12.4 Å². The highest BCUT2D eigenvalue weighted by atomic mass is 19.1. The van der Waals surface area contributed by atoms with Crippen molar-refractivity contribution in [3.63, 3.8) is 0 Å². The van der Waals surface area contributed by atoms with Gasteiger partial charge in [0.05, 0.1) is 35.3 Å². The second-order valence-electron chi connectivity index (χ2n) is 7.91. The molecule has 0 spiro atoms. The van der Waals surface area contributed by atoms with Crippen LogP contribution >= 0.6 is 0 Å². The van der Waals surface area contributed by atoms with E-state index in [1.54, 1.807) is 11.1 Å². The number of aromatic amines is 1. The average molecular weight is 461 g/mol. The number of hydrogen-bond acceptors (Lipinski definition) is 7. The Balaban J connectivity index is 1.45. The van der Waals surface area contributed by atoms with Crippen LogP contribution in [0.1, 0.15) is 19.8 Å². The SMILES string of the molecule is CCN(c1nc(Nc2ccc3cnn(CCCCO)c3c2)ncc1F)c1cccc2[nH]ncc12. The summed E-state index contributed by atoms with van der Waals surface area (Å²) in [6.45, 7) is 3.34. The lowest BCUT2D eigenvalue weighted by Gasteiger charge is -2.23.